The Bertz CT molecular complexity index is 515. The molecule has 0 aromatic heterocycles. The molecule has 0 aromatic rings. The lowest BCUT2D eigenvalue weighted by Crippen LogP contribution is -2.54. The van der Waals surface area contributed by atoms with Crippen LogP contribution in [0.4, 0.5) is 0 Å². The van der Waals surface area contributed by atoms with Crippen molar-refractivity contribution in [3.8, 4) is 0 Å². The van der Waals surface area contributed by atoms with Crippen molar-refractivity contribution >= 4 is 17.8 Å². The first-order chi connectivity index (χ1) is 11.5. The Kier molecular flexibility index (Phi) is 5.08. The summed E-state index contributed by atoms with van der Waals surface area (Å²) in [7, 11) is 0. The van der Waals surface area contributed by atoms with E-state index in [0.29, 0.717) is 19.1 Å². The van der Waals surface area contributed by atoms with E-state index in [4.69, 9.17) is 4.74 Å². The van der Waals surface area contributed by atoms with Gasteiger partial charge in [0.1, 0.15) is 0 Å². The van der Waals surface area contributed by atoms with Crippen LogP contribution in [0, 0.1) is 11.8 Å². The highest BCUT2D eigenvalue weighted by molar-refractivity contribution is 5.91. The molecule has 7 heteroatoms. The fourth-order valence-corrected chi connectivity index (χ4v) is 4.11. The Morgan fingerprint density at radius 2 is 1.92 bits per heavy atom. The summed E-state index contributed by atoms with van der Waals surface area (Å²) in [6.45, 7) is 3.31. The van der Waals surface area contributed by atoms with Gasteiger partial charge in [0.05, 0.1) is 19.1 Å². The maximum absolute atomic E-state index is 12.8. The first kappa shape index (κ1) is 17.2. The van der Waals surface area contributed by atoms with Crippen molar-refractivity contribution in [2.45, 2.75) is 51.1 Å². The van der Waals surface area contributed by atoms with E-state index in [0.717, 1.165) is 25.7 Å². The van der Waals surface area contributed by atoms with Gasteiger partial charge in [-0.25, -0.2) is 4.79 Å². The molecule has 0 bridgehead atoms. The van der Waals surface area contributed by atoms with Gasteiger partial charge in [-0.05, 0) is 31.6 Å². The van der Waals surface area contributed by atoms with Gasteiger partial charge in [0, 0.05) is 25.6 Å². The van der Waals surface area contributed by atoms with E-state index >= 15 is 0 Å². The lowest BCUT2D eigenvalue weighted by atomic mass is 9.86. The van der Waals surface area contributed by atoms with Crippen LogP contribution in [-0.4, -0.2) is 71.1 Å². The Balaban J connectivity index is 1.64. The van der Waals surface area contributed by atoms with Crippen molar-refractivity contribution in [3.05, 3.63) is 0 Å². The van der Waals surface area contributed by atoms with Crippen LogP contribution in [0.2, 0.25) is 0 Å². The summed E-state index contributed by atoms with van der Waals surface area (Å²) >= 11 is 0. The van der Waals surface area contributed by atoms with Crippen molar-refractivity contribution in [1.29, 1.82) is 0 Å². The SMILES string of the molecule is CC1CCC(N2CC(C(=O)N3CCOCC3C(=O)O)CC2=O)CC1. The molecule has 7 nitrogen and oxygen atoms in total. The highest BCUT2D eigenvalue weighted by Gasteiger charge is 2.43. The Labute approximate surface area is 141 Å². The molecule has 2 aliphatic heterocycles. The molecule has 1 aliphatic carbocycles. The second-order valence-electron chi connectivity index (χ2n) is 7.32. The largest absolute Gasteiger partial charge is 0.480 e. The third-order valence-electron chi connectivity index (χ3n) is 5.63. The first-order valence-electron chi connectivity index (χ1n) is 8.88. The van der Waals surface area contributed by atoms with Gasteiger partial charge in [-0.15, -0.1) is 0 Å². The van der Waals surface area contributed by atoms with Crippen molar-refractivity contribution in [2.24, 2.45) is 11.8 Å². The number of rotatable bonds is 3. The van der Waals surface area contributed by atoms with Crippen LogP contribution in [0.1, 0.15) is 39.0 Å². The highest BCUT2D eigenvalue weighted by Crippen LogP contribution is 2.32. The average Bonchev–Trinajstić information content (AvgIpc) is 2.96. The molecule has 1 N–H and O–H groups in total. The standard InChI is InChI=1S/C17H26N2O5/c1-11-2-4-13(5-3-11)19-9-12(8-15(19)20)16(21)18-6-7-24-10-14(18)17(22)23/h11-14H,2-10H2,1H3,(H,22,23). The van der Waals surface area contributed by atoms with Crippen LogP contribution >= 0.6 is 0 Å². The zero-order chi connectivity index (χ0) is 17.3. The molecule has 3 aliphatic rings. The van der Waals surface area contributed by atoms with Gasteiger partial charge >= 0.3 is 5.97 Å². The fraction of sp³-hybridized carbons (Fsp3) is 0.824. The Morgan fingerprint density at radius 3 is 2.58 bits per heavy atom. The summed E-state index contributed by atoms with van der Waals surface area (Å²) in [5, 5.41) is 9.28. The molecule has 0 aromatic carbocycles. The third kappa shape index (κ3) is 3.41. The Morgan fingerprint density at radius 1 is 1.21 bits per heavy atom. The smallest absolute Gasteiger partial charge is 0.328 e. The van der Waals surface area contributed by atoms with E-state index in [2.05, 4.69) is 6.92 Å². The number of carboxylic acid groups (broad SMARTS) is 1. The molecule has 1 saturated carbocycles. The molecule has 3 rings (SSSR count). The van der Waals surface area contributed by atoms with E-state index in [1.54, 1.807) is 0 Å². The summed E-state index contributed by atoms with van der Waals surface area (Å²) in [4.78, 5) is 39.7. The number of nitrogens with zero attached hydrogens (tertiary/aromatic N) is 2. The zero-order valence-electron chi connectivity index (χ0n) is 14.1. The Hall–Kier alpha value is -1.63. The van der Waals surface area contributed by atoms with E-state index in [9.17, 15) is 19.5 Å². The first-order valence-corrected chi connectivity index (χ1v) is 8.88. The molecule has 2 heterocycles. The number of hydrogen-bond acceptors (Lipinski definition) is 4. The van der Waals surface area contributed by atoms with Crippen LogP contribution in [-0.2, 0) is 19.1 Å². The molecule has 3 fully saturated rings. The topological polar surface area (TPSA) is 87.2 Å². The molecule has 0 spiro atoms. The predicted octanol–water partition coefficient (Wildman–Crippen LogP) is 0.726. The molecular weight excluding hydrogens is 312 g/mol. The van der Waals surface area contributed by atoms with Crippen molar-refractivity contribution in [3.63, 3.8) is 0 Å². The van der Waals surface area contributed by atoms with Gasteiger partial charge in [-0.1, -0.05) is 6.92 Å². The molecule has 2 unspecified atom stereocenters. The number of likely N-dealkylation sites (tertiary alicyclic amines) is 1. The van der Waals surface area contributed by atoms with Gasteiger partial charge in [-0.3, -0.25) is 9.59 Å². The predicted molar refractivity (Wildman–Crippen MR) is 85.2 cm³/mol. The second-order valence-corrected chi connectivity index (χ2v) is 7.32. The summed E-state index contributed by atoms with van der Waals surface area (Å²) in [5.74, 6) is -0.942. The summed E-state index contributed by atoms with van der Waals surface area (Å²) in [5.41, 5.74) is 0. The second kappa shape index (κ2) is 7.09. The number of hydrogen-bond donors (Lipinski definition) is 1. The van der Waals surface area contributed by atoms with Crippen LogP contribution in [0.25, 0.3) is 0 Å². The van der Waals surface area contributed by atoms with Gasteiger partial charge in [-0.2, -0.15) is 0 Å². The van der Waals surface area contributed by atoms with Crippen molar-refractivity contribution in [1.82, 2.24) is 9.80 Å². The average molecular weight is 338 g/mol. The highest BCUT2D eigenvalue weighted by atomic mass is 16.5. The van der Waals surface area contributed by atoms with E-state index in [1.165, 1.54) is 4.90 Å². The number of morpholine rings is 1. The third-order valence-corrected chi connectivity index (χ3v) is 5.63. The van der Waals surface area contributed by atoms with Crippen LogP contribution in [0.3, 0.4) is 0 Å². The monoisotopic (exact) mass is 338 g/mol. The quantitative estimate of drug-likeness (QED) is 0.819. The van der Waals surface area contributed by atoms with E-state index in [1.807, 2.05) is 4.90 Å². The van der Waals surface area contributed by atoms with E-state index in [-0.39, 0.29) is 37.4 Å². The molecule has 2 amide bonds. The minimum atomic E-state index is -1.05. The lowest BCUT2D eigenvalue weighted by Gasteiger charge is -2.35. The van der Waals surface area contributed by atoms with Crippen LogP contribution < -0.4 is 0 Å². The summed E-state index contributed by atoms with van der Waals surface area (Å²) < 4.78 is 5.18. The van der Waals surface area contributed by atoms with Gasteiger partial charge in [0.2, 0.25) is 11.8 Å². The minimum absolute atomic E-state index is 0.0198. The molecule has 24 heavy (non-hydrogen) atoms. The maximum atomic E-state index is 12.8. The van der Waals surface area contributed by atoms with Crippen molar-refractivity contribution in [2.75, 3.05) is 26.3 Å². The number of ether oxygens (including phenoxy) is 1. The number of carboxylic acids is 1. The molecule has 0 radical (unpaired) electrons. The summed E-state index contributed by atoms with van der Waals surface area (Å²) in [6, 6.07) is -0.697. The zero-order valence-corrected chi connectivity index (χ0v) is 14.1. The number of amides is 2. The number of carbonyl (C=O) groups is 3. The van der Waals surface area contributed by atoms with Gasteiger partial charge < -0.3 is 19.6 Å². The van der Waals surface area contributed by atoms with Crippen LogP contribution in [0.5, 0.6) is 0 Å². The molecule has 134 valence electrons. The van der Waals surface area contributed by atoms with Gasteiger partial charge in [0.15, 0.2) is 6.04 Å². The maximum Gasteiger partial charge on any atom is 0.328 e. The number of carbonyl (C=O) groups excluding carboxylic acids is 2. The lowest BCUT2D eigenvalue weighted by molar-refractivity contribution is -0.160. The molecule has 2 atom stereocenters. The van der Waals surface area contributed by atoms with Crippen LogP contribution in [0.15, 0.2) is 0 Å². The molecule has 2 saturated heterocycles. The minimum Gasteiger partial charge on any atom is -0.480 e. The van der Waals surface area contributed by atoms with E-state index < -0.39 is 17.9 Å². The van der Waals surface area contributed by atoms with Gasteiger partial charge in [0.25, 0.3) is 0 Å². The number of aliphatic carboxylic acids is 1. The molecular formula is C17H26N2O5. The normalized spacial score (nSPS) is 34.5. The van der Waals surface area contributed by atoms with Crippen molar-refractivity contribution < 1.29 is 24.2 Å². The summed E-state index contributed by atoms with van der Waals surface area (Å²) in [6.07, 6.45) is 4.45. The fourth-order valence-electron chi connectivity index (χ4n) is 4.11.